The van der Waals surface area contributed by atoms with Crippen molar-refractivity contribution in [3.8, 4) is 0 Å². The standard InChI is InChI=1S/C16H27N5OS/c1-4-9-23-10-6-18-16(17-5-2)21-7-8-22-15(13-21)14-11-19-20(3)12-14/h4,11-12,15H,1,5-10,13H2,2-3H3,(H,17,18). The lowest BCUT2D eigenvalue weighted by molar-refractivity contribution is -0.00802. The zero-order valence-electron chi connectivity index (χ0n) is 14.1. The average molecular weight is 337 g/mol. The molecular formula is C16H27N5OS. The van der Waals surface area contributed by atoms with Crippen LogP contribution >= 0.6 is 11.8 Å². The lowest BCUT2D eigenvalue weighted by atomic mass is 10.1. The molecule has 1 saturated heterocycles. The predicted octanol–water partition coefficient (Wildman–Crippen LogP) is 1.68. The van der Waals surface area contributed by atoms with Crippen LogP contribution in [0.4, 0.5) is 0 Å². The summed E-state index contributed by atoms with van der Waals surface area (Å²) in [5.74, 6) is 2.97. The van der Waals surface area contributed by atoms with Crippen LogP contribution in [0.2, 0.25) is 0 Å². The highest BCUT2D eigenvalue weighted by Gasteiger charge is 2.25. The van der Waals surface area contributed by atoms with E-state index in [1.54, 1.807) is 0 Å². The molecule has 2 rings (SSSR count). The second-order valence-electron chi connectivity index (χ2n) is 5.35. The van der Waals surface area contributed by atoms with Gasteiger partial charge in [0, 0.05) is 43.4 Å². The van der Waals surface area contributed by atoms with Gasteiger partial charge in [-0.3, -0.25) is 9.67 Å². The number of aryl methyl sites for hydroxylation is 1. The molecule has 0 aliphatic carbocycles. The molecule has 1 aliphatic rings. The number of aromatic nitrogens is 2. The average Bonchev–Trinajstić information content (AvgIpc) is 3.00. The Morgan fingerprint density at radius 1 is 1.65 bits per heavy atom. The van der Waals surface area contributed by atoms with Crippen LogP contribution in [0.5, 0.6) is 0 Å². The molecule has 0 saturated carbocycles. The molecule has 6 nitrogen and oxygen atoms in total. The monoisotopic (exact) mass is 337 g/mol. The number of guanidine groups is 1. The topological polar surface area (TPSA) is 54.7 Å². The highest BCUT2D eigenvalue weighted by molar-refractivity contribution is 7.99. The summed E-state index contributed by atoms with van der Waals surface area (Å²) in [6.45, 7) is 9.89. The van der Waals surface area contributed by atoms with E-state index in [9.17, 15) is 0 Å². The van der Waals surface area contributed by atoms with Crippen molar-refractivity contribution in [2.75, 3.05) is 44.3 Å². The zero-order valence-corrected chi connectivity index (χ0v) is 14.9. The molecular weight excluding hydrogens is 310 g/mol. The molecule has 1 aromatic rings. The van der Waals surface area contributed by atoms with Crippen molar-refractivity contribution in [3.63, 3.8) is 0 Å². The summed E-state index contributed by atoms with van der Waals surface area (Å²) in [6, 6.07) is 0. The van der Waals surface area contributed by atoms with Crippen LogP contribution in [-0.4, -0.2) is 64.9 Å². The fourth-order valence-corrected chi connectivity index (χ4v) is 3.01. The van der Waals surface area contributed by atoms with E-state index in [0.29, 0.717) is 6.61 Å². The van der Waals surface area contributed by atoms with Gasteiger partial charge < -0.3 is 15.0 Å². The molecule has 128 valence electrons. The second-order valence-corrected chi connectivity index (χ2v) is 6.50. The number of nitrogens with one attached hydrogen (secondary N) is 1. The number of hydrogen-bond acceptors (Lipinski definition) is 4. The Labute approximate surface area is 143 Å². The van der Waals surface area contributed by atoms with E-state index in [2.05, 4.69) is 28.8 Å². The molecule has 1 aromatic heterocycles. The van der Waals surface area contributed by atoms with Crippen LogP contribution in [0.25, 0.3) is 0 Å². The lowest BCUT2D eigenvalue weighted by Crippen LogP contribution is -2.48. The van der Waals surface area contributed by atoms with Crippen molar-refractivity contribution in [2.45, 2.75) is 13.0 Å². The van der Waals surface area contributed by atoms with Crippen molar-refractivity contribution >= 4 is 17.7 Å². The van der Waals surface area contributed by atoms with Crippen LogP contribution < -0.4 is 5.32 Å². The summed E-state index contributed by atoms with van der Waals surface area (Å²) in [4.78, 5) is 7.02. The fraction of sp³-hybridized carbons (Fsp3) is 0.625. The van der Waals surface area contributed by atoms with Gasteiger partial charge >= 0.3 is 0 Å². The molecule has 2 heterocycles. The molecule has 7 heteroatoms. The number of nitrogens with zero attached hydrogens (tertiary/aromatic N) is 4. The number of aliphatic imine (C=N–C) groups is 1. The highest BCUT2D eigenvalue weighted by Crippen LogP contribution is 2.21. The maximum Gasteiger partial charge on any atom is 0.194 e. The van der Waals surface area contributed by atoms with Crippen LogP contribution in [0, 0.1) is 0 Å². The minimum Gasteiger partial charge on any atom is -0.370 e. The van der Waals surface area contributed by atoms with E-state index < -0.39 is 0 Å². The van der Waals surface area contributed by atoms with Crippen molar-refractivity contribution < 1.29 is 4.74 Å². The van der Waals surface area contributed by atoms with E-state index in [1.165, 1.54) is 0 Å². The first-order chi connectivity index (χ1) is 11.2. The Bertz CT molecular complexity index is 516. The van der Waals surface area contributed by atoms with Crippen LogP contribution in [0.15, 0.2) is 30.0 Å². The number of morpholine rings is 1. The van der Waals surface area contributed by atoms with E-state index in [0.717, 1.165) is 49.2 Å². The Kier molecular flexibility index (Phi) is 7.48. The van der Waals surface area contributed by atoms with E-state index in [1.807, 2.05) is 42.0 Å². The lowest BCUT2D eigenvalue weighted by Gasteiger charge is -2.34. The minimum atomic E-state index is 0.0523. The van der Waals surface area contributed by atoms with Gasteiger partial charge in [0.25, 0.3) is 0 Å². The van der Waals surface area contributed by atoms with Crippen LogP contribution in [-0.2, 0) is 11.8 Å². The second kappa shape index (κ2) is 9.62. The molecule has 0 bridgehead atoms. The third kappa shape index (κ3) is 5.58. The molecule has 1 fully saturated rings. The third-order valence-corrected chi connectivity index (χ3v) is 4.47. The fourth-order valence-electron chi connectivity index (χ4n) is 2.46. The number of hydrogen-bond donors (Lipinski definition) is 1. The Balaban J connectivity index is 1.94. The molecule has 1 aliphatic heterocycles. The molecule has 0 radical (unpaired) electrons. The predicted molar refractivity (Wildman–Crippen MR) is 97.0 cm³/mol. The Morgan fingerprint density at radius 2 is 2.52 bits per heavy atom. The SMILES string of the molecule is C=CCSCCN=C(NCC)N1CCOC(c2cnn(C)c2)C1. The van der Waals surface area contributed by atoms with Crippen molar-refractivity contribution in [1.82, 2.24) is 20.0 Å². The maximum absolute atomic E-state index is 5.90. The minimum absolute atomic E-state index is 0.0523. The Morgan fingerprint density at radius 3 is 3.22 bits per heavy atom. The van der Waals surface area contributed by atoms with Crippen LogP contribution in [0.1, 0.15) is 18.6 Å². The van der Waals surface area contributed by atoms with Gasteiger partial charge in [0.2, 0.25) is 0 Å². The van der Waals surface area contributed by atoms with E-state index >= 15 is 0 Å². The summed E-state index contributed by atoms with van der Waals surface area (Å²) in [5, 5.41) is 7.63. The van der Waals surface area contributed by atoms with Gasteiger partial charge in [-0.2, -0.15) is 16.9 Å². The summed E-state index contributed by atoms with van der Waals surface area (Å²) < 4.78 is 7.71. The first-order valence-corrected chi connectivity index (χ1v) is 9.22. The van der Waals surface area contributed by atoms with E-state index in [4.69, 9.17) is 9.73 Å². The van der Waals surface area contributed by atoms with Gasteiger partial charge in [-0.1, -0.05) is 6.08 Å². The van der Waals surface area contributed by atoms with Crippen molar-refractivity contribution in [3.05, 3.63) is 30.6 Å². The largest absolute Gasteiger partial charge is 0.370 e. The highest BCUT2D eigenvalue weighted by atomic mass is 32.2. The van der Waals surface area contributed by atoms with E-state index in [-0.39, 0.29) is 6.10 Å². The summed E-state index contributed by atoms with van der Waals surface area (Å²) in [7, 11) is 1.93. The van der Waals surface area contributed by atoms with Gasteiger partial charge in [-0.05, 0) is 6.92 Å². The molecule has 0 aromatic carbocycles. The van der Waals surface area contributed by atoms with Gasteiger partial charge in [0.1, 0.15) is 6.10 Å². The van der Waals surface area contributed by atoms with Gasteiger partial charge in [-0.15, -0.1) is 6.58 Å². The zero-order chi connectivity index (χ0) is 16.5. The number of thioether (sulfide) groups is 1. The first-order valence-electron chi connectivity index (χ1n) is 8.06. The molecule has 0 amide bonds. The molecule has 23 heavy (non-hydrogen) atoms. The maximum atomic E-state index is 5.90. The molecule has 0 spiro atoms. The number of rotatable bonds is 7. The summed E-state index contributed by atoms with van der Waals surface area (Å²) >= 11 is 1.85. The van der Waals surface area contributed by atoms with Crippen molar-refractivity contribution in [1.29, 1.82) is 0 Å². The normalized spacial score (nSPS) is 19.0. The van der Waals surface area contributed by atoms with Crippen molar-refractivity contribution in [2.24, 2.45) is 12.0 Å². The Hall–Kier alpha value is -1.47. The van der Waals surface area contributed by atoms with Gasteiger partial charge in [-0.25, -0.2) is 0 Å². The van der Waals surface area contributed by atoms with Gasteiger partial charge in [0.05, 0.1) is 25.9 Å². The quantitative estimate of drug-likeness (QED) is 0.355. The molecule has 1 N–H and O–H groups in total. The number of ether oxygens (including phenoxy) is 1. The smallest absolute Gasteiger partial charge is 0.194 e. The van der Waals surface area contributed by atoms with Crippen LogP contribution in [0.3, 0.4) is 0 Å². The summed E-state index contributed by atoms with van der Waals surface area (Å²) in [5.41, 5.74) is 1.12. The molecule has 1 atom stereocenters. The first kappa shape index (κ1) is 17.9. The summed E-state index contributed by atoms with van der Waals surface area (Å²) in [6.07, 6.45) is 5.88. The third-order valence-electron chi connectivity index (χ3n) is 3.53. The van der Waals surface area contributed by atoms with Gasteiger partial charge in [0.15, 0.2) is 5.96 Å². The molecule has 1 unspecified atom stereocenters.